The summed E-state index contributed by atoms with van der Waals surface area (Å²) < 4.78 is 12.1. The minimum atomic E-state index is 0.487. The van der Waals surface area contributed by atoms with E-state index in [4.69, 9.17) is 15.9 Å². The molecular weight excluding hydrogens is 294 g/mol. The second-order valence-electron chi connectivity index (χ2n) is 3.67. The summed E-state index contributed by atoms with van der Waals surface area (Å²) in [4.78, 5) is 0. The standard InChI is InChI=1S/C14H18BrNO2/c1-4-6-7-18-14-12(15)8-11(10-16-3)9-13(14)17-5-2/h1,8-9,16H,5-7,10H2,2-3H3. The molecular formula is C14H18BrNO2. The number of nitrogens with one attached hydrogen (secondary N) is 1. The number of ether oxygens (including phenoxy) is 2. The summed E-state index contributed by atoms with van der Waals surface area (Å²) in [7, 11) is 1.91. The van der Waals surface area contributed by atoms with Gasteiger partial charge in [-0.25, -0.2) is 0 Å². The second-order valence-corrected chi connectivity index (χ2v) is 4.53. The van der Waals surface area contributed by atoms with Crippen LogP contribution in [0.3, 0.4) is 0 Å². The number of hydrogen-bond acceptors (Lipinski definition) is 3. The van der Waals surface area contributed by atoms with E-state index in [1.807, 2.05) is 26.1 Å². The lowest BCUT2D eigenvalue weighted by atomic mass is 10.2. The number of hydrogen-bond donors (Lipinski definition) is 1. The van der Waals surface area contributed by atoms with Crippen molar-refractivity contribution in [3.63, 3.8) is 0 Å². The summed E-state index contributed by atoms with van der Waals surface area (Å²) in [5.41, 5.74) is 1.14. The van der Waals surface area contributed by atoms with E-state index in [1.165, 1.54) is 0 Å². The lowest BCUT2D eigenvalue weighted by Gasteiger charge is -2.14. The highest BCUT2D eigenvalue weighted by atomic mass is 79.9. The first-order chi connectivity index (χ1) is 8.72. The Hall–Kier alpha value is -1.18. The zero-order valence-electron chi connectivity index (χ0n) is 10.8. The zero-order chi connectivity index (χ0) is 13.4. The van der Waals surface area contributed by atoms with Crippen LogP contribution in [0.5, 0.6) is 11.5 Å². The van der Waals surface area contributed by atoms with Crippen molar-refractivity contribution in [1.82, 2.24) is 5.32 Å². The van der Waals surface area contributed by atoms with Gasteiger partial charge in [-0.15, -0.1) is 12.3 Å². The van der Waals surface area contributed by atoms with Crippen LogP contribution in [0.15, 0.2) is 16.6 Å². The van der Waals surface area contributed by atoms with E-state index in [2.05, 4.69) is 27.2 Å². The molecule has 0 saturated heterocycles. The van der Waals surface area contributed by atoms with Crippen LogP contribution in [0.25, 0.3) is 0 Å². The first-order valence-corrected chi connectivity index (χ1v) is 6.68. The van der Waals surface area contributed by atoms with Gasteiger partial charge in [0.15, 0.2) is 11.5 Å². The molecule has 0 unspecified atom stereocenters. The average Bonchev–Trinajstić information content (AvgIpc) is 2.33. The van der Waals surface area contributed by atoms with Crippen molar-refractivity contribution < 1.29 is 9.47 Å². The van der Waals surface area contributed by atoms with Gasteiger partial charge in [0.05, 0.1) is 17.7 Å². The van der Waals surface area contributed by atoms with Gasteiger partial charge in [0.1, 0.15) is 0 Å². The highest BCUT2D eigenvalue weighted by molar-refractivity contribution is 9.10. The molecule has 0 heterocycles. The monoisotopic (exact) mass is 311 g/mol. The van der Waals surface area contributed by atoms with Crippen molar-refractivity contribution in [2.45, 2.75) is 19.9 Å². The van der Waals surface area contributed by atoms with E-state index in [-0.39, 0.29) is 0 Å². The third kappa shape index (κ3) is 4.25. The predicted octanol–water partition coefficient (Wildman–Crippen LogP) is 2.97. The summed E-state index contributed by atoms with van der Waals surface area (Å²) >= 11 is 3.51. The molecule has 0 fully saturated rings. The number of rotatable bonds is 7. The maximum atomic E-state index is 5.66. The fourth-order valence-corrected chi connectivity index (χ4v) is 2.15. The highest BCUT2D eigenvalue weighted by Crippen LogP contribution is 2.37. The van der Waals surface area contributed by atoms with Crippen molar-refractivity contribution in [2.75, 3.05) is 20.3 Å². The van der Waals surface area contributed by atoms with Gasteiger partial charge in [0.2, 0.25) is 0 Å². The van der Waals surface area contributed by atoms with Crippen LogP contribution < -0.4 is 14.8 Å². The Morgan fingerprint density at radius 1 is 1.39 bits per heavy atom. The Morgan fingerprint density at radius 3 is 2.78 bits per heavy atom. The van der Waals surface area contributed by atoms with Gasteiger partial charge in [0.25, 0.3) is 0 Å². The van der Waals surface area contributed by atoms with Crippen LogP contribution in [0.1, 0.15) is 18.9 Å². The first kappa shape index (κ1) is 14.9. The van der Waals surface area contributed by atoms with Gasteiger partial charge in [-0.3, -0.25) is 0 Å². The van der Waals surface area contributed by atoms with Crippen LogP contribution in [-0.4, -0.2) is 20.3 Å². The molecule has 1 aromatic rings. The molecule has 18 heavy (non-hydrogen) atoms. The van der Waals surface area contributed by atoms with Crippen molar-refractivity contribution in [2.24, 2.45) is 0 Å². The average molecular weight is 312 g/mol. The fourth-order valence-electron chi connectivity index (χ4n) is 1.54. The van der Waals surface area contributed by atoms with E-state index in [1.54, 1.807) is 0 Å². The van der Waals surface area contributed by atoms with Crippen LogP contribution in [0, 0.1) is 12.3 Å². The zero-order valence-corrected chi connectivity index (χ0v) is 12.3. The second kappa shape index (κ2) is 8.02. The molecule has 0 aromatic heterocycles. The predicted molar refractivity (Wildman–Crippen MR) is 77.0 cm³/mol. The third-order valence-corrected chi connectivity index (χ3v) is 2.83. The van der Waals surface area contributed by atoms with E-state index < -0.39 is 0 Å². The van der Waals surface area contributed by atoms with Gasteiger partial charge >= 0.3 is 0 Å². The summed E-state index contributed by atoms with van der Waals surface area (Å²) in [6.45, 7) is 3.81. The molecule has 0 aliphatic heterocycles. The third-order valence-electron chi connectivity index (χ3n) is 2.24. The molecule has 0 spiro atoms. The SMILES string of the molecule is C#CCCOc1c(Br)cc(CNC)cc1OCC. The lowest BCUT2D eigenvalue weighted by Crippen LogP contribution is -2.07. The molecule has 1 N–H and O–H groups in total. The molecule has 4 heteroatoms. The van der Waals surface area contributed by atoms with Crippen molar-refractivity contribution in [3.05, 3.63) is 22.2 Å². The van der Waals surface area contributed by atoms with E-state index in [0.29, 0.717) is 25.4 Å². The Labute approximate surface area is 117 Å². The van der Waals surface area contributed by atoms with Crippen molar-refractivity contribution >= 4 is 15.9 Å². The Bertz CT molecular complexity index is 427. The molecule has 0 aliphatic rings. The molecule has 1 rings (SSSR count). The smallest absolute Gasteiger partial charge is 0.175 e. The molecule has 0 saturated carbocycles. The lowest BCUT2D eigenvalue weighted by molar-refractivity contribution is 0.280. The van der Waals surface area contributed by atoms with Gasteiger partial charge < -0.3 is 14.8 Å². The van der Waals surface area contributed by atoms with E-state index in [0.717, 1.165) is 22.3 Å². The molecule has 0 atom stereocenters. The molecule has 0 bridgehead atoms. The summed E-state index contributed by atoms with van der Waals surface area (Å²) in [6.07, 6.45) is 5.79. The minimum absolute atomic E-state index is 0.487. The Balaban J connectivity index is 2.95. The maximum Gasteiger partial charge on any atom is 0.175 e. The summed E-state index contributed by atoms with van der Waals surface area (Å²) in [6, 6.07) is 4.00. The topological polar surface area (TPSA) is 30.5 Å². The van der Waals surface area contributed by atoms with Gasteiger partial charge in [-0.2, -0.15) is 0 Å². The summed E-state index contributed by atoms with van der Waals surface area (Å²) in [5.74, 6) is 4.01. The molecule has 98 valence electrons. The van der Waals surface area contributed by atoms with Crippen molar-refractivity contribution in [3.8, 4) is 23.8 Å². The molecule has 0 radical (unpaired) electrons. The van der Waals surface area contributed by atoms with Gasteiger partial charge in [0, 0.05) is 13.0 Å². The largest absolute Gasteiger partial charge is 0.490 e. The molecule has 1 aromatic carbocycles. The Kier molecular flexibility index (Phi) is 6.63. The number of benzene rings is 1. The Morgan fingerprint density at radius 2 is 2.17 bits per heavy atom. The normalized spacial score (nSPS) is 9.89. The fraction of sp³-hybridized carbons (Fsp3) is 0.429. The van der Waals surface area contributed by atoms with Crippen LogP contribution in [0.2, 0.25) is 0 Å². The van der Waals surface area contributed by atoms with E-state index >= 15 is 0 Å². The summed E-state index contributed by atoms with van der Waals surface area (Å²) in [5, 5.41) is 3.11. The van der Waals surface area contributed by atoms with Gasteiger partial charge in [-0.1, -0.05) is 0 Å². The quantitative estimate of drug-likeness (QED) is 0.620. The van der Waals surface area contributed by atoms with E-state index in [9.17, 15) is 0 Å². The van der Waals surface area contributed by atoms with Crippen LogP contribution in [-0.2, 0) is 6.54 Å². The van der Waals surface area contributed by atoms with Crippen molar-refractivity contribution in [1.29, 1.82) is 0 Å². The van der Waals surface area contributed by atoms with Crippen LogP contribution in [0.4, 0.5) is 0 Å². The van der Waals surface area contributed by atoms with Crippen LogP contribution >= 0.6 is 15.9 Å². The highest BCUT2D eigenvalue weighted by Gasteiger charge is 2.11. The molecule has 3 nitrogen and oxygen atoms in total. The minimum Gasteiger partial charge on any atom is -0.490 e. The molecule has 0 aliphatic carbocycles. The number of halogens is 1. The maximum absolute atomic E-state index is 5.66. The number of terminal acetylenes is 1. The first-order valence-electron chi connectivity index (χ1n) is 5.89. The molecule has 0 amide bonds. The van der Waals surface area contributed by atoms with Gasteiger partial charge in [-0.05, 0) is 47.6 Å².